The molecule has 1 aliphatic heterocycles. The smallest absolute Gasteiger partial charge is 0.223 e. The second kappa shape index (κ2) is 5.97. The van der Waals surface area contributed by atoms with E-state index in [0.29, 0.717) is 17.8 Å². The maximum Gasteiger partial charge on any atom is 0.223 e. The van der Waals surface area contributed by atoms with Crippen LogP contribution >= 0.6 is 0 Å². The quantitative estimate of drug-likeness (QED) is 0.749. The minimum absolute atomic E-state index is 0.109. The Morgan fingerprint density at radius 3 is 2.52 bits per heavy atom. The van der Waals surface area contributed by atoms with Crippen LogP contribution in [0.4, 0.5) is 17.6 Å². The average molecular weight is 365 g/mol. The number of nitrogen functional groups attached to an aromatic ring is 2. The standard InChI is InChI=1S/C20H23N5O2/c1-20(2)8-12-15(13(26)9-20)14(10-4-6-11(27-3)7-5-10)16-17(21)24-19(22)25-18(16)23-12/h4-7,14H,8-9H2,1-3H3,(H5,21,22,23,24,25)/t14-/m0/s1. The number of allylic oxidation sites excluding steroid dienone is 2. The van der Waals surface area contributed by atoms with Crippen molar-refractivity contribution in [3.63, 3.8) is 0 Å². The molecule has 0 saturated carbocycles. The van der Waals surface area contributed by atoms with Gasteiger partial charge in [0.15, 0.2) is 5.78 Å². The number of ketones is 1. The van der Waals surface area contributed by atoms with E-state index >= 15 is 0 Å². The number of carbonyl (C=O) groups is 1. The van der Waals surface area contributed by atoms with Crippen molar-refractivity contribution in [3.8, 4) is 5.75 Å². The zero-order valence-electron chi connectivity index (χ0n) is 15.7. The Balaban J connectivity index is 1.94. The topological polar surface area (TPSA) is 116 Å². The van der Waals surface area contributed by atoms with Crippen LogP contribution in [0.1, 0.15) is 43.7 Å². The highest BCUT2D eigenvalue weighted by Gasteiger charge is 2.42. The van der Waals surface area contributed by atoms with Crippen LogP contribution in [0.3, 0.4) is 0 Å². The molecule has 0 radical (unpaired) electrons. The molecule has 1 aromatic heterocycles. The lowest BCUT2D eigenvalue weighted by Crippen LogP contribution is -2.34. The molecule has 2 heterocycles. The molecular formula is C20H23N5O2. The summed E-state index contributed by atoms with van der Waals surface area (Å²) >= 11 is 0. The minimum atomic E-state index is -0.327. The molecule has 5 N–H and O–H groups in total. The Labute approximate surface area is 157 Å². The summed E-state index contributed by atoms with van der Waals surface area (Å²) in [5.41, 5.74) is 15.2. The van der Waals surface area contributed by atoms with E-state index in [0.717, 1.165) is 29.0 Å². The second-order valence-corrected chi connectivity index (χ2v) is 7.89. The molecule has 4 rings (SSSR count). The van der Waals surface area contributed by atoms with E-state index in [9.17, 15) is 4.79 Å². The summed E-state index contributed by atoms with van der Waals surface area (Å²) in [5, 5.41) is 3.31. The highest BCUT2D eigenvalue weighted by Crippen LogP contribution is 2.49. The number of nitrogens with zero attached hydrogens (tertiary/aromatic N) is 2. The summed E-state index contributed by atoms with van der Waals surface area (Å²) in [5.74, 6) is 1.51. The molecule has 2 aliphatic rings. The highest BCUT2D eigenvalue weighted by molar-refractivity contribution is 6.02. The second-order valence-electron chi connectivity index (χ2n) is 7.89. The first-order valence-corrected chi connectivity index (χ1v) is 8.89. The zero-order chi connectivity index (χ0) is 19.3. The van der Waals surface area contributed by atoms with Crippen LogP contribution in [-0.4, -0.2) is 22.9 Å². The number of anilines is 3. The van der Waals surface area contributed by atoms with E-state index in [-0.39, 0.29) is 28.9 Å². The van der Waals surface area contributed by atoms with Crippen LogP contribution in [0.5, 0.6) is 5.75 Å². The maximum absolute atomic E-state index is 13.1. The number of carbonyl (C=O) groups excluding carboxylic acids is 1. The molecule has 2 aromatic rings. The molecule has 1 aromatic carbocycles. The molecule has 27 heavy (non-hydrogen) atoms. The SMILES string of the molecule is COc1ccc([C@H]2C3=C(CC(C)(C)CC3=O)Nc3nc(N)nc(N)c32)cc1. The van der Waals surface area contributed by atoms with Crippen LogP contribution in [0.25, 0.3) is 0 Å². The molecule has 0 unspecified atom stereocenters. The number of benzene rings is 1. The van der Waals surface area contributed by atoms with Crippen LogP contribution < -0.4 is 21.5 Å². The third-order valence-electron chi connectivity index (χ3n) is 5.21. The van der Waals surface area contributed by atoms with E-state index in [1.165, 1.54) is 0 Å². The van der Waals surface area contributed by atoms with E-state index in [4.69, 9.17) is 16.2 Å². The monoisotopic (exact) mass is 365 g/mol. The first-order chi connectivity index (χ1) is 12.8. The molecule has 0 saturated heterocycles. The van der Waals surface area contributed by atoms with Gasteiger partial charge < -0.3 is 21.5 Å². The molecule has 0 spiro atoms. The van der Waals surface area contributed by atoms with Crippen molar-refractivity contribution in [1.29, 1.82) is 0 Å². The van der Waals surface area contributed by atoms with Gasteiger partial charge in [-0.15, -0.1) is 0 Å². The summed E-state index contributed by atoms with van der Waals surface area (Å²) in [6.07, 6.45) is 1.25. The van der Waals surface area contributed by atoms with Crippen molar-refractivity contribution < 1.29 is 9.53 Å². The van der Waals surface area contributed by atoms with Crippen LogP contribution in [-0.2, 0) is 4.79 Å². The Morgan fingerprint density at radius 2 is 1.85 bits per heavy atom. The summed E-state index contributed by atoms with van der Waals surface area (Å²) in [6, 6.07) is 7.66. The van der Waals surface area contributed by atoms with Gasteiger partial charge in [0.2, 0.25) is 5.95 Å². The summed E-state index contributed by atoms with van der Waals surface area (Å²) in [6.45, 7) is 4.19. The zero-order valence-corrected chi connectivity index (χ0v) is 15.7. The lowest BCUT2D eigenvalue weighted by atomic mass is 9.69. The minimum Gasteiger partial charge on any atom is -0.497 e. The number of fused-ring (bicyclic) bond motifs is 1. The number of rotatable bonds is 2. The van der Waals surface area contributed by atoms with Gasteiger partial charge in [0.05, 0.1) is 7.11 Å². The molecule has 140 valence electrons. The molecule has 0 bridgehead atoms. The van der Waals surface area contributed by atoms with Gasteiger partial charge in [0, 0.05) is 29.2 Å². The van der Waals surface area contributed by atoms with Gasteiger partial charge in [0.1, 0.15) is 17.4 Å². The normalized spacial score (nSPS) is 20.6. The van der Waals surface area contributed by atoms with Crippen molar-refractivity contribution in [2.45, 2.75) is 32.6 Å². The Kier molecular flexibility index (Phi) is 3.83. The number of nitrogens with one attached hydrogen (secondary N) is 1. The van der Waals surface area contributed by atoms with Gasteiger partial charge in [0.25, 0.3) is 0 Å². The van der Waals surface area contributed by atoms with E-state index in [1.807, 2.05) is 24.3 Å². The summed E-state index contributed by atoms with van der Waals surface area (Å²) < 4.78 is 5.26. The van der Waals surface area contributed by atoms with Crippen molar-refractivity contribution in [2.75, 3.05) is 23.9 Å². The molecule has 1 aliphatic carbocycles. The summed E-state index contributed by atoms with van der Waals surface area (Å²) in [4.78, 5) is 21.6. The lowest BCUT2D eigenvalue weighted by molar-refractivity contribution is -0.118. The Morgan fingerprint density at radius 1 is 1.15 bits per heavy atom. The van der Waals surface area contributed by atoms with Crippen molar-refractivity contribution in [3.05, 3.63) is 46.7 Å². The first kappa shape index (κ1) is 17.3. The van der Waals surface area contributed by atoms with Gasteiger partial charge in [-0.05, 0) is 29.5 Å². The third kappa shape index (κ3) is 2.89. The van der Waals surface area contributed by atoms with Crippen molar-refractivity contribution in [2.24, 2.45) is 5.41 Å². The van der Waals surface area contributed by atoms with Gasteiger partial charge in [-0.25, -0.2) is 0 Å². The van der Waals surface area contributed by atoms with Crippen LogP contribution in [0.15, 0.2) is 35.5 Å². The maximum atomic E-state index is 13.1. The van der Waals surface area contributed by atoms with Crippen LogP contribution in [0.2, 0.25) is 0 Å². The lowest BCUT2D eigenvalue weighted by Gasteiger charge is -2.39. The van der Waals surface area contributed by atoms with Gasteiger partial charge in [-0.1, -0.05) is 26.0 Å². The molecule has 1 atom stereocenters. The number of ether oxygens (including phenoxy) is 1. The molecule has 0 fully saturated rings. The third-order valence-corrected chi connectivity index (χ3v) is 5.21. The van der Waals surface area contributed by atoms with Gasteiger partial charge >= 0.3 is 0 Å². The van der Waals surface area contributed by atoms with E-state index in [2.05, 4.69) is 29.1 Å². The molecule has 7 nitrogen and oxygen atoms in total. The number of hydrogen-bond acceptors (Lipinski definition) is 7. The average Bonchev–Trinajstić information content (AvgIpc) is 2.58. The van der Waals surface area contributed by atoms with E-state index in [1.54, 1.807) is 7.11 Å². The largest absolute Gasteiger partial charge is 0.497 e. The Hall–Kier alpha value is -3.09. The fourth-order valence-electron chi connectivity index (χ4n) is 4.08. The number of nitrogens with two attached hydrogens (primary N) is 2. The first-order valence-electron chi connectivity index (χ1n) is 8.89. The van der Waals surface area contributed by atoms with Crippen LogP contribution in [0, 0.1) is 5.41 Å². The molecule has 7 heteroatoms. The number of hydrogen-bond donors (Lipinski definition) is 3. The predicted octanol–water partition coefficient (Wildman–Crippen LogP) is 2.85. The number of aromatic nitrogens is 2. The number of methoxy groups -OCH3 is 1. The Bertz CT molecular complexity index is 963. The van der Waals surface area contributed by atoms with E-state index < -0.39 is 0 Å². The van der Waals surface area contributed by atoms with Gasteiger partial charge in [-0.2, -0.15) is 9.97 Å². The molecule has 0 amide bonds. The van der Waals surface area contributed by atoms with Crippen molar-refractivity contribution in [1.82, 2.24) is 9.97 Å². The van der Waals surface area contributed by atoms with Crippen molar-refractivity contribution >= 4 is 23.4 Å². The van der Waals surface area contributed by atoms with Gasteiger partial charge in [-0.3, -0.25) is 4.79 Å². The molecular weight excluding hydrogens is 342 g/mol. The number of Topliss-reactive ketones (excluding diaryl/α,β-unsaturated/α-hetero) is 1. The predicted molar refractivity (Wildman–Crippen MR) is 104 cm³/mol. The highest BCUT2D eigenvalue weighted by atomic mass is 16.5. The fraction of sp³-hybridized carbons (Fsp3) is 0.350. The fourth-order valence-corrected chi connectivity index (χ4v) is 4.08. The summed E-state index contributed by atoms with van der Waals surface area (Å²) in [7, 11) is 1.62.